The Morgan fingerprint density at radius 2 is 1.63 bits per heavy atom. The van der Waals surface area contributed by atoms with Crippen molar-refractivity contribution in [2.24, 2.45) is 4.76 Å². The molecule has 7 nitrogen and oxygen atoms in total. The van der Waals surface area contributed by atoms with E-state index in [2.05, 4.69) is 41.8 Å². The van der Waals surface area contributed by atoms with E-state index in [-0.39, 0.29) is 29.9 Å². The summed E-state index contributed by atoms with van der Waals surface area (Å²) in [6.07, 6.45) is 5.78. The second-order valence-electron chi connectivity index (χ2n) is 7.94. The van der Waals surface area contributed by atoms with Gasteiger partial charge in [-0.25, -0.2) is 0 Å². The van der Waals surface area contributed by atoms with Gasteiger partial charge in [0, 0.05) is 18.2 Å². The van der Waals surface area contributed by atoms with E-state index < -0.39 is 12.9 Å². The van der Waals surface area contributed by atoms with Crippen LogP contribution in [0.2, 0.25) is 0 Å². The zero-order chi connectivity index (χ0) is 19.8. The van der Waals surface area contributed by atoms with Crippen LogP contribution in [0.3, 0.4) is 0 Å². The predicted molar refractivity (Wildman–Crippen MR) is 108 cm³/mol. The van der Waals surface area contributed by atoms with Crippen LogP contribution in [0.15, 0.2) is 29.0 Å². The van der Waals surface area contributed by atoms with E-state index >= 15 is 0 Å². The normalized spacial score (nSPS) is 26.2. The van der Waals surface area contributed by atoms with Crippen molar-refractivity contribution < 1.29 is 9.82 Å². The lowest BCUT2D eigenvalue weighted by atomic mass is 9.89. The van der Waals surface area contributed by atoms with Crippen molar-refractivity contribution in [1.82, 2.24) is 9.34 Å². The van der Waals surface area contributed by atoms with Crippen molar-refractivity contribution in [1.29, 1.82) is 0 Å². The summed E-state index contributed by atoms with van der Waals surface area (Å²) < 4.78 is 8.75. The van der Waals surface area contributed by atoms with E-state index in [9.17, 15) is 15.0 Å². The Kier molecular flexibility index (Phi) is 5.96. The minimum absolute atomic E-state index is 0.0170. The zero-order valence-electron chi connectivity index (χ0n) is 16.5. The Hall–Kier alpha value is -1.40. The molecule has 2 atom stereocenters. The third-order valence-corrected chi connectivity index (χ3v) is 8.65. The molecular formula is C19H29N4O3P. The molecule has 1 heterocycles. The van der Waals surface area contributed by atoms with E-state index in [0.717, 1.165) is 25.7 Å². The first kappa shape index (κ1) is 20.3. The minimum atomic E-state index is -3.21. The third-order valence-electron chi connectivity index (χ3n) is 5.51. The highest BCUT2D eigenvalue weighted by atomic mass is 31.2. The number of rotatable bonds is 5. The largest absolute Gasteiger partial charge is 0.630 e. The molecule has 2 fully saturated rings. The third kappa shape index (κ3) is 3.66. The van der Waals surface area contributed by atoms with E-state index in [1.54, 1.807) is 18.2 Å². The highest BCUT2D eigenvalue weighted by Gasteiger charge is 2.61. The standard InChI is InChI=1S/C19H29N4O3P/c1-14(2)21-18-11-7-8-12-19(18)22(15(3)4)27(21,26)20-13-16-9-5-6-10-17(16)23(24)25/h5-6,9-10,13-15,18-19H,7-8,11-12H2,1-4H3/b20-13+/t18-,19-/m0/s1. The van der Waals surface area contributed by atoms with Crippen LogP contribution in [-0.4, -0.2) is 44.6 Å². The summed E-state index contributed by atoms with van der Waals surface area (Å²) in [5, 5.41) is 11.3. The minimum Gasteiger partial charge on any atom is -0.630 e. The summed E-state index contributed by atoms with van der Waals surface area (Å²) >= 11 is 0. The molecule has 27 heavy (non-hydrogen) atoms. The van der Waals surface area contributed by atoms with E-state index in [1.165, 1.54) is 12.3 Å². The van der Waals surface area contributed by atoms with Gasteiger partial charge in [-0.15, -0.1) is 14.1 Å². The van der Waals surface area contributed by atoms with E-state index in [1.807, 2.05) is 0 Å². The van der Waals surface area contributed by atoms with Crippen LogP contribution in [0, 0.1) is 10.1 Å². The smallest absolute Gasteiger partial charge is 0.278 e. The fourth-order valence-corrected chi connectivity index (χ4v) is 7.87. The van der Waals surface area contributed by atoms with Gasteiger partial charge >= 0.3 is 0 Å². The topological polar surface area (TPSA) is 85.0 Å². The predicted octanol–water partition coefficient (Wildman–Crippen LogP) is 3.80. The molecule has 1 aliphatic carbocycles. The molecule has 0 bridgehead atoms. The lowest BCUT2D eigenvalue weighted by Crippen LogP contribution is -2.43. The lowest BCUT2D eigenvalue weighted by molar-refractivity contribution is -0.385. The number of fused-ring (bicyclic) bond motifs is 1. The second kappa shape index (κ2) is 7.92. The second-order valence-corrected chi connectivity index (χ2v) is 10.1. The first-order valence-corrected chi connectivity index (χ1v) is 11.3. The number of benzene rings is 1. The summed E-state index contributed by atoms with van der Waals surface area (Å²) in [6, 6.07) is 7.11. The summed E-state index contributed by atoms with van der Waals surface area (Å²) in [7, 11) is -3.21. The number of nitrogens with zero attached hydrogens (tertiary/aromatic N) is 4. The number of hydrogen-bond acceptors (Lipinski definition) is 6. The average Bonchev–Trinajstić information content (AvgIpc) is 2.88. The molecule has 1 saturated carbocycles. The molecule has 1 aromatic carbocycles. The Morgan fingerprint density at radius 1 is 1.11 bits per heavy atom. The maximum absolute atomic E-state index is 14.3. The van der Waals surface area contributed by atoms with Crippen LogP contribution in [-0.2, 0) is 0 Å². The maximum atomic E-state index is 14.3. The molecule has 2 aliphatic rings. The van der Waals surface area contributed by atoms with Gasteiger partial charge in [0.05, 0.1) is 28.8 Å². The van der Waals surface area contributed by atoms with E-state index in [4.69, 9.17) is 0 Å². The highest BCUT2D eigenvalue weighted by molar-refractivity contribution is 7.63. The molecule has 148 valence electrons. The van der Waals surface area contributed by atoms with Crippen LogP contribution in [0.5, 0.6) is 0 Å². The van der Waals surface area contributed by atoms with Crippen molar-refractivity contribution >= 4 is 19.8 Å². The SMILES string of the molecule is CC(C)N1[C@H]2CCCC[C@@H]2N(C(C)C)[P+]1([O-])/N=C/c1ccccc1[N+](=O)[O-]. The van der Waals surface area contributed by atoms with Gasteiger partial charge in [0.1, 0.15) is 0 Å². The summed E-state index contributed by atoms with van der Waals surface area (Å²) in [4.78, 5) is 25.1. The van der Waals surface area contributed by atoms with Crippen molar-refractivity contribution in [2.45, 2.75) is 77.5 Å². The Morgan fingerprint density at radius 3 is 2.11 bits per heavy atom. The fraction of sp³-hybridized carbons (Fsp3) is 0.632. The van der Waals surface area contributed by atoms with Gasteiger partial charge in [0.2, 0.25) is 7.94 Å². The molecule has 0 amide bonds. The first-order valence-electron chi connectivity index (χ1n) is 9.74. The first-order chi connectivity index (χ1) is 12.8. The number of hydrogen-bond donors (Lipinski definition) is 0. The van der Waals surface area contributed by atoms with Gasteiger partial charge in [0.15, 0.2) is 0 Å². The van der Waals surface area contributed by atoms with Crippen molar-refractivity contribution in [2.75, 3.05) is 0 Å². The fourth-order valence-electron chi connectivity index (χ4n) is 4.60. The number of nitro groups is 1. The van der Waals surface area contributed by atoms with Crippen molar-refractivity contribution in [3.05, 3.63) is 39.9 Å². The summed E-state index contributed by atoms with van der Waals surface area (Å²) in [6.45, 7) is 8.23. The van der Waals surface area contributed by atoms with Crippen molar-refractivity contribution in [3.8, 4) is 0 Å². The van der Waals surface area contributed by atoms with Gasteiger partial charge in [-0.2, -0.15) is 0 Å². The van der Waals surface area contributed by atoms with Crippen LogP contribution in [0.4, 0.5) is 5.69 Å². The lowest BCUT2D eigenvalue weighted by Gasteiger charge is -2.39. The zero-order valence-corrected chi connectivity index (χ0v) is 17.4. The molecule has 0 spiro atoms. The summed E-state index contributed by atoms with van der Waals surface area (Å²) in [5.41, 5.74) is 0.372. The maximum Gasteiger partial charge on any atom is 0.278 e. The Labute approximate surface area is 161 Å². The van der Waals surface area contributed by atoms with Gasteiger partial charge in [-0.1, -0.05) is 25.0 Å². The van der Waals surface area contributed by atoms with Gasteiger partial charge < -0.3 is 4.89 Å². The monoisotopic (exact) mass is 392 g/mol. The van der Waals surface area contributed by atoms with Gasteiger partial charge in [-0.3, -0.25) is 10.1 Å². The van der Waals surface area contributed by atoms with Crippen LogP contribution in [0.25, 0.3) is 0 Å². The van der Waals surface area contributed by atoms with Gasteiger partial charge in [0.25, 0.3) is 5.69 Å². The molecule has 1 aromatic rings. The van der Waals surface area contributed by atoms with E-state index in [0.29, 0.717) is 5.56 Å². The van der Waals surface area contributed by atoms with Crippen LogP contribution >= 0.6 is 7.94 Å². The molecule has 1 saturated heterocycles. The quantitative estimate of drug-likeness (QED) is 0.329. The molecule has 3 rings (SSSR count). The molecule has 8 heteroatoms. The highest BCUT2D eigenvalue weighted by Crippen LogP contribution is 2.69. The van der Waals surface area contributed by atoms with Crippen LogP contribution < -0.4 is 4.89 Å². The van der Waals surface area contributed by atoms with Crippen LogP contribution in [0.1, 0.15) is 58.9 Å². The molecular weight excluding hydrogens is 363 g/mol. The molecule has 0 unspecified atom stereocenters. The molecule has 1 aliphatic heterocycles. The number of nitro benzene ring substituents is 1. The number of para-hydroxylation sites is 1. The van der Waals surface area contributed by atoms with Crippen molar-refractivity contribution in [3.63, 3.8) is 0 Å². The summed E-state index contributed by atoms with van der Waals surface area (Å²) in [5.74, 6) is 0. The Balaban J connectivity index is 2.05. The Bertz CT molecular complexity index is 701. The average molecular weight is 392 g/mol. The molecule has 0 radical (unpaired) electrons. The van der Waals surface area contributed by atoms with Gasteiger partial charge in [-0.05, 0) is 46.6 Å². The molecule has 0 aromatic heterocycles. The molecule has 0 N–H and O–H groups in total.